The normalized spacial score (nSPS) is 13.4. The van der Waals surface area contributed by atoms with E-state index in [1.807, 2.05) is 30.3 Å². The highest BCUT2D eigenvalue weighted by atomic mass is 19.3. The van der Waals surface area contributed by atoms with Gasteiger partial charge in [-0.3, -0.25) is 4.79 Å². The number of hydrogen-bond donors (Lipinski definition) is 2. The van der Waals surface area contributed by atoms with Crippen molar-refractivity contribution < 1.29 is 18.3 Å². The van der Waals surface area contributed by atoms with Gasteiger partial charge in [0.1, 0.15) is 5.75 Å². The SMILES string of the molecule is CC(N)C(C)C(=O)Nc1ccc(OC(F)F)c(Cc2ccccc2)c1. The van der Waals surface area contributed by atoms with E-state index in [1.54, 1.807) is 19.9 Å². The number of nitrogens with two attached hydrogens (primary N) is 1. The number of carbonyl (C=O) groups excluding carboxylic acids is 1. The van der Waals surface area contributed by atoms with E-state index in [-0.39, 0.29) is 23.6 Å². The first-order valence-electron chi connectivity index (χ1n) is 8.05. The first-order valence-corrected chi connectivity index (χ1v) is 8.05. The standard InChI is InChI=1S/C19H22F2N2O2/c1-12(13(2)22)18(24)23-16-8-9-17(25-19(20)21)15(11-16)10-14-6-4-3-5-7-14/h3-9,11-13,19H,10,22H2,1-2H3,(H,23,24). The molecule has 25 heavy (non-hydrogen) atoms. The molecular weight excluding hydrogens is 326 g/mol. The molecule has 0 spiro atoms. The highest BCUT2D eigenvalue weighted by Gasteiger charge is 2.18. The first-order chi connectivity index (χ1) is 11.9. The molecule has 4 nitrogen and oxygen atoms in total. The quantitative estimate of drug-likeness (QED) is 0.800. The van der Waals surface area contributed by atoms with Crippen molar-refractivity contribution in [2.75, 3.05) is 5.32 Å². The maximum absolute atomic E-state index is 12.6. The van der Waals surface area contributed by atoms with Gasteiger partial charge >= 0.3 is 6.61 Å². The molecule has 0 heterocycles. The fourth-order valence-corrected chi connectivity index (χ4v) is 2.32. The summed E-state index contributed by atoms with van der Waals surface area (Å²) in [5.41, 5.74) is 7.78. The monoisotopic (exact) mass is 348 g/mol. The zero-order valence-corrected chi connectivity index (χ0v) is 14.2. The van der Waals surface area contributed by atoms with Gasteiger partial charge < -0.3 is 15.8 Å². The molecule has 0 saturated heterocycles. The van der Waals surface area contributed by atoms with Gasteiger partial charge in [0.25, 0.3) is 0 Å². The Bertz CT molecular complexity index is 706. The molecule has 3 N–H and O–H groups in total. The largest absolute Gasteiger partial charge is 0.435 e. The van der Waals surface area contributed by atoms with Gasteiger partial charge in [-0.1, -0.05) is 37.3 Å². The fraction of sp³-hybridized carbons (Fsp3) is 0.316. The molecule has 134 valence electrons. The molecule has 2 aromatic carbocycles. The Morgan fingerprint density at radius 1 is 1.16 bits per heavy atom. The third-order valence-corrected chi connectivity index (χ3v) is 3.98. The van der Waals surface area contributed by atoms with Crippen molar-refractivity contribution in [2.45, 2.75) is 32.9 Å². The lowest BCUT2D eigenvalue weighted by molar-refractivity contribution is -0.119. The summed E-state index contributed by atoms with van der Waals surface area (Å²) in [6.07, 6.45) is 0.412. The van der Waals surface area contributed by atoms with Crippen molar-refractivity contribution in [2.24, 2.45) is 11.7 Å². The van der Waals surface area contributed by atoms with Crippen molar-refractivity contribution in [1.82, 2.24) is 0 Å². The van der Waals surface area contributed by atoms with Gasteiger partial charge in [0.15, 0.2) is 0 Å². The van der Waals surface area contributed by atoms with Crippen LogP contribution >= 0.6 is 0 Å². The highest BCUT2D eigenvalue weighted by molar-refractivity contribution is 5.92. The Morgan fingerprint density at radius 3 is 2.44 bits per heavy atom. The van der Waals surface area contributed by atoms with Crippen LogP contribution in [0.3, 0.4) is 0 Å². The van der Waals surface area contributed by atoms with E-state index in [0.29, 0.717) is 17.7 Å². The van der Waals surface area contributed by atoms with Crippen LogP contribution in [0.4, 0.5) is 14.5 Å². The minimum Gasteiger partial charge on any atom is -0.435 e. The van der Waals surface area contributed by atoms with E-state index >= 15 is 0 Å². The molecule has 6 heteroatoms. The Hall–Kier alpha value is -2.47. The van der Waals surface area contributed by atoms with Crippen LogP contribution in [0.2, 0.25) is 0 Å². The maximum atomic E-state index is 12.6. The summed E-state index contributed by atoms with van der Waals surface area (Å²) in [6.45, 7) is 0.581. The molecule has 2 atom stereocenters. The van der Waals surface area contributed by atoms with Gasteiger partial charge in [-0.15, -0.1) is 0 Å². The predicted molar refractivity (Wildman–Crippen MR) is 93.8 cm³/mol. The molecular formula is C19H22F2N2O2. The Kier molecular flexibility index (Phi) is 6.47. The van der Waals surface area contributed by atoms with Gasteiger partial charge in [0.05, 0.1) is 5.92 Å². The van der Waals surface area contributed by atoms with Crippen LogP contribution in [-0.4, -0.2) is 18.6 Å². The second-order valence-electron chi connectivity index (χ2n) is 6.00. The molecule has 0 aliphatic carbocycles. The number of rotatable bonds is 7. The third-order valence-electron chi connectivity index (χ3n) is 3.98. The second kappa shape index (κ2) is 8.58. The molecule has 0 aliphatic heterocycles. The summed E-state index contributed by atoms with van der Waals surface area (Å²) in [4.78, 5) is 12.1. The topological polar surface area (TPSA) is 64.4 Å². The number of anilines is 1. The van der Waals surface area contributed by atoms with E-state index in [0.717, 1.165) is 5.56 Å². The molecule has 0 aliphatic rings. The average Bonchev–Trinajstić information content (AvgIpc) is 2.57. The second-order valence-corrected chi connectivity index (χ2v) is 6.00. The minimum atomic E-state index is -2.91. The Balaban J connectivity index is 2.25. The van der Waals surface area contributed by atoms with E-state index in [1.165, 1.54) is 12.1 Å². The number of carbonyl (C=O) groups is 1. The molecule has 0 bridgehead atoms. The first kappa shape index (κ1) is 18.9. The number of ether oxygens (including phenoxy) is 1. The van der Waals surface area contributed by atoms with Crippen LogP contribution in [0.15, 0.2) is 48.5 Å². The van der Waals surface area contributed by atoms with Gasteiger partial charge in [0.2, 0.25) is 5.91 Å². The van der Waals surface area contributed by atoms with Crippen LogP contribution in [0.1, 0.15) is 25.0 Å². The number of benzene rings is 2. The average molecular weight is 348 g/mol. The van der Waals surface area contributed by atoms with Crippen LogP contribution in [0.5, 0.6) is 5.75 Å². The summed E-state index contributed by atoms with van der Waals surface area (Å²) in [5, 5.41) is 2.77. The van der Waals surface area contributed by atoms with E-state index in [9.17, 15) is 13.6 Å². The number of halogens is 2. The Morgan fingerprint density at radius 2 is 1.84 bits per heavy atom. The summed E-state index contributed by atoms with van der Waals surface area (Å²) < 4.78 is 29.9. The summed E-state index contributed by atoms with van der Waals surface area (Å²) in [6, 6.07) is 13.8. The van der Waals surface area contributed by atoms with Crippen molar-refractivity contribution in [3.05, 3.63) is 59.7 Å². The van der Waals surface area contributed by atoms with Crippen LogP contribution in [-0.2, 0) is 11.2 Å². The summed E-state index contributed by atoms with van der Waals surface area (Å²) >= 11 is 0. The van der Waals surface area contributed by atoms with Gasteiger partial charge in [-0.05, 0) is 30.7 Å². The van der Waals surface area contributed by atoms with E-state index in [4.69, 9.17) is 5.73 Å². The van der Waals surface area contributed by atoms with Crippen LogP contribution in [0.25, 0.3) is 0 Å². The van der Waals surface area contributed by atoms with E-state index in [2.05, 4.69) is 10.1 Å². The van der Waals surface area contributed by atoms with Gasteiger partial charge in [-0.25, -0.2) is 0 Å². The highest BCUT2D eigenvalue weighted by Crippen LogP contribution is 2.27. The molecule has 0 aromatic heterocycles. The lowest BCUT2D eigenvalue weighted by Gasteiger charge is -2.17. The zero-order chi connectivity index (χ0) is 18.4. The number of hydrogen-bond acceptors (Lipinski definition) is 3. The summed E-state index contributed by atoms with van der Waals surface area (Å²) in [7, 11) is 0. The van der Waals surface area contributed by atoms with Crippen molar-refractivity contribution >= 4 is 11.6 Å². The smallest absolute Gasteiger partial charge is 0.387 e. The number of amides is 1. The fourth-order valence-electron chi connectivity index (χ4n) is 2.32. The van der Waals surface area contributed by atoms with Gasteiger partial charge in [-0.2, -0.15) is 8.78 Å². The lowest BCUT2D eigenvalue weighted by atomic mass is 10.0. The molecule has 0 radical (unpaired) electrons. The molecule has 2 aromatic rings. The predicted octanol–water partition coefficient (Wildman–Crippen LogP) is 3.80. The molecule has 0 fully saturated rings. The summed E-state index contributed by atoms with van der Waals surface area (Å²) in [5.74, 6) is -0.491. The maximum Gasteiger partial charge on any atom is 0.387 e. The van der Waals surface area contributed by atoms with Crippen molar-refractivity contribution in [3.63, 3.8) is 0 Å². The molecule has 2 rings (SSSR count). The Labute approximate surface area is 146 Å². The van der Waals surface area contributed by atoms with Gasteiger partial charge in [0, 0.05) is 23.7 Å². The molecule has 1 amide bonds. The zero-order valence-electron chi connectivity index (χ0n) is 14.2. The van der Waals surface area contributed by atoms with Crippen LogP contribution < -0.4 is 15.8 Å². The van der Waals surface area contributed by atoms with E-state index < -0.39 is 6.61 Å². The van der Waals surface area contributed by atoms with Crippen LogP contribution in [0, 0.1) is 5.92 Å². The minimum absolute atomic E-state index is 0.0945. The number of nitrogens with one attached hydrogen (secondary N) is 1. The lowest BCUT2D eigenvalue weighted by Crippen LogP contribution is -2.34. The van der Waals surface area contributed by atoms with Crippen molar-refractivity contribution in [3.8, 4) is 5.75 Å². The molecule has 0 saturated carbocycles. The number of alkyl halides is 2. The van der Waals surface area contributed by atoms with Crippen molar-refractivity contribution in [1.29, 1.82) is 0 Å². The third kappa shape index (κ3) is 5.53. The molecule has 2 unspecified atom stereocenters.